The summed E-state index contributed by atoms with van der Waals surface area (Å²) in [7, 11) is -3.30. The smallest absolute Gasteiger partial charge is 0.293 e. The summed E-state index contributed by atoms with van der Waals surface area (Å²) in [6, 6.07) is 8.58. The number of hydrogen-bond donors (Lipinski definition) is 1. The van der Waals surface area contributed by atoms with E-state index in [4.69, 9.17) is 14.3 Å². The molecule has 0 bridgehead atoms. The van der Waals surface area contributed by atoms with E-state index in [1.807, 2.05) is 6.07 Å². The molecule has 0 aromatic heterocycles. The number of rotatable bonds is 6. The average Bonchev–Trinajstić information content (AvgIpc) is 2.30. The number of benzene rings is 1. The number of anilines is 1. The molecule has 0 atom stereocenters. The normalized spacial score (nSPS) is 10.9. The number of nitriles is 1. The molecule has 0 aliphatic rings. The van der Waals surface area contributed by atoms with Crippen molar-refractivity contribution in [3.05, 3.63) is 29.8 Å². The SMILES string of the molecule is CCOP(=O)(Nc1ccc(C#N)cc1)OCC. The van der Waals surface area contributed by atoms with E-state index in [9.17, 15) is 4.57 Å². The van der Waals surface area contributed by atoms with Gasteiger partial charge in [0.05, 0.1) is 24.8 Å². The highest BCUT2D eigenvalue weighted by Crippen LogP contribution is 2.47. The van der Waals surface area contributed by atoms with Crippen molar-refractivity contribution in [1.29, 1.82) is 5.26 Å². The van der Waals surface area contributed by atoms with Crippen LogP contribution in [0, 0.1) is 11.3 Å². The maximum Gasteiger partial charge on any atom is 0.432 e. The lowest BCUT2D eigenvalue weighted by Gasteiger charge is -2.18. The Balaban J connectivity index is 2.79. The fraction of sp³-hybridized carbons (Fsp3) is 0.364. The Labute approximate surface area is 101 Å². The quantitative estimate of drug-likeness (QED) is 0.789. The topological polar surface area (TPSA) is 71.3 Å². The lowest BCUT2D eigenvalue weighted by atomic mass is 10.2. The van der Waals surface area contributed by atoms with Crippen LogP contribution in [0.5, 0.6) is 0 Å². The zero-order chi connectivity index (χ0) is 12.7. The first kappa shape index (κ1) is 13.7. The molecule has 0 saturated heterocycles. The van der Waals surface area contributed by atoms with Gasteiger partial charge in [-0.05, 0) is 38.1 Å². The van der Waals surface area contributed by atoms with Gasteiger partial charge in [0.1, 0.15) is 0 Å². The predicted octanol–water partition coefficient (Wildman–Crippen LogP) is 3.15. The van der Waals surface area contributed by atoms with Crippen molar-refractivity contribution in [1.82, 2.24) is 0 Å². The molecule has 92 valence electrons. The van der Waals surface area contributed by atoms with Gasteiger partial charge in [-0.2, -0.15) is 5.26 Å². The van der Waals surface area contributed by atoms with Crippen molar-refractivity contribution >= 4 is 13.4 Å². The van der Waals surface area contributed by atoms with E-state index >= 15 is 0 Å². The Morgan fingerprint density at radius 2 is 1.76 bits per heavy atom. The van der Waals surface area contributed by atoms with Crippen molar-refractivity contribution in [3.8, 4) is 6.07 Å². The first-order valence-corrected chi connectivity index (χ1v) is 6.85. The third kappa shape index (κ3) is 4.20. The second-order valence-corrected chi connectivity index (χ2v) is 4.87. The molecule has 0 aliphatic carbocycles. The van der Waals surface area contributed by atoms with Crippen molar-refractivity contribution in [2.45, 2.75) is 13.8 Å². The highest BCUT2D eigenvalue weighted by Gasteiger charge is 2.23. The first-order valence-electron chi connectivity index (χ1n) is 5.31. The van der Waals surface area contributed by atoms with Crippen LogP contribution < -0.4 is 5.09 Å². The van der Waals surface area contributed by atoms with E-state index in [-0.39, 0.29) is 0 Å². The van der Waals surface area contributed by atoms with E-state index in [0.717, 1.165) is 0 Å². The van der Waals surface area contributed by atoms with Crippen LogP contribution in [0.15, 0.2) is 24.3 Å². The molecule has 1 aromatic carbocycles. The molecule has 0 heterocycles. The van der Waals surface area contributed by atoms with Gasteiger partial charge < -0.3 is 0 Å². The molecular weight excluding hydrogens is 239 g/mol. The van der Waals surface area contributed by atoms with E-state index in [1.165, 1.54) is 0 Å². The molecule has 0 unspecified atom stereocenters. The Morgan fingerprint density at radius 3 is 2.18 bits per heavy atom. The van der Waals surface area contributed by atoms with Crippen LogP contribution >= 0.6 is 7.75 Å². The summed E-state index contributed by atoms with van der Waals surface area (Å²) in [6.07, 6.45) is 0. The summed E-state index contributed by atoms with van der Waals surface area (Å²) < 4.78 is 22.3. The second kappa shape index (κ2) is 6.41. The molecular formula is C11H15N2O3P. The summed E-state index contributed by atoms with van der Waals surface area (Å²) >= 11 is 0. The number of hydrogen-bond acceptors (Lipinski definition) is 4. The summed E-state index contributed by atoms with van der Waals surface area (Å²) in [5, 5.41) is 11.4. The third-order valence-electron chi connectivity index (χ3n) is 1.88. The second-order valence-electron chi connectivity index (χ2n) is 3.13. The first-order chi connectivity index (χ1) is 8.13. The molecule has 0 amide bonds. The van der Waals surface area contributed by atoms with Gasteiger partial charge in [0, 0.05) is 5.69 Å². The van der Waals surface area contributed by atoms with Gasteiger partial charge in [-0.3, -0.25) is 14.1 Å². The Morgan fingerprint density at radius 1 is 1.24 bits per heavy atom. The van der Waals surface area contributed by atoms with E-state index < -0.39 is 7.75 Å². The van der Waals surface area contributed by atoms with Crippen LogP contribution in [0.25, 0.3) is 0 Å². The summed E-state index contributed by atoms with van der Waals surface area (Å²) in [5.41, 5.74) is 1.13. The Bertz CT molecular complexity index is 429. The standard InChI is InChI=1S/C11H15N2O3P/c1-3-15-17(14,16-4-2)13-11-7-5-10(9-12)6-8-11/h5-8H,3-4H2,1-2H3,(H,13,14). The van der Waals surface area contributed by atoms with Crippen molar-refractivity contribution in [2.75, 3.05) is 18.3 Å². The van der Waals surface area contributed by atoms with E-state index in [2.05, 4.69) is 5.09 Å². The third-order valence-corrected chi connectivity index (χ3v) is 3.61. The van der Waals surface area contributed by atoms with E-state index in [0.29, 0.717) is 24.5 Å². The molecule has 0 aliphatic heterocycles. The maximum atomic E-state index is 12.1. The summed E-state index contributed by atoms with van der Waals surface area (Å²) in [6.45, 7) is 4.07. The van der Waals surface area contributed by atoms with Gasteiger partial charge in [0.15, 0.2) is 0 Å². The van der Waals surface area contributed by atoms with Crippen LogP contribution in [-0.2, 0) is 13.6 Å². The maximum absolute atomic E-state index is 12.1. The summed E-state index contributed by atoms with van der Waals surface area (Å²) in [4.78, 5) is 0. The van der Waals surface area contributed by atoms with Gasteiger partial charge in [-0.15, -0.1) is 0 Å². The molecule has 0 spiro atoms. The van der Waals surface area contributed by atoms with Crippen LogP contribution in [0.1, 0.15) is 19.4 Å². The minimum Gasteiger partial charge on any atom is -0.293 e. The molecule has 17 heavy (non-hydrogen) atoms. The van der Waals surface area contributed by atoms with Gasteiger partial charge >= 0.3 is 7.75 Å². The zero-order valence-corrected chi connectivity index (χ0v) is 10.7. The Hall–Kier alpha value is -1.34. The van der Waals surface area contributed by atoms with Crippen LogP contribution in [0.4, 0.5) is 5.69 Å². The minimum absolute atomic E-state index is 0.292. The van der Waals surface area contributed by atoms with Gasteiger partial charge in [-0.1, -0.05) is 0 Å². The fourth-order valence-corrected chi connectivity index (χ4v) is 2.57. The Kier molecular flexibility index (Phi) is 5.17. The molecule has 5 nitrogen and oxygen atoms in total. The average molecular weight is 254 g/mol. The van der Waals surface area contributed by atoms with E-state index in [1.54, 1.807) is 38.1 Å². The molecule has 0 fully saturated rings. The van der Waals surface area contributed by atoms with Gasteiger partial charge in [0.2, 0.25) is 0 Å². The van der Waals surface area contributed by atoms with Gasteiger partial charge in [-0.25, -0.2) is 4.57 Å². The highest BCUT2D eigenvalue weighted by atomic mass is 31.2. The molecule has 6 heteroatoms. The van der Waals surface area contributed by atoms with Crippen LogP contribution in [-0.4, -0.2) is 13.2 Å². The molecule has 0 saturated carbocycles. The predicted molar refractivity (Wildman–Crippen MR) is 65.6 cm³/mol. The van der Waals surface area contributed by atoms with Crippen LogP contribution in [0.3, 0.4) is 0 Å². The molecule has 0 radical (unpaired) electrons. The van der Waals surface area contributed by atoms with Crippen molar-refractivity contribution in [2.24, 2.45) is 0 Å². The van der Waals surface area contributed by atoms with Gasteiger partial charge in [0.25, 0.3) is 0 Å². The summed E-state index contributed by atoms with van der Waals surface area (Å²) in [5.74, 6) is 0. The molecule has 1 N–H and O–H groups in total. The van der Waals surface area contributed by atoms with Crippen molar-refractivity contribution in [3.63, 3.8) is 0 Å². The largest absolute Gasteiger partial charge is 0.432 e. The lowest BCUT2D eigenvalue weighted by molar-refractivity contribution is 0.225. The van der Waals surface area contributed by atoms with Crippen molar-refractivity contribution < 1.29 is 13.6 Å². The zero-order valence-electron chi connectivity index (χ0n) is 9.84. The number of nitrogens with zero attached hydrogens (tertiary/aromatic N) is 1. The minimum atomic E-state index is -3.30. The van der Waals surface area contributed by atoms with Crippen LogP contribution in [0.2, 0.25) is 0 Å². The monoisotopic (exact) mass is 254 g/mol. The molecule has 1 aromatic rings. The fourth-order valence-electron chi connectivity index (χ4n) is 1.22. The number of nitrogens with one attached hydrogen (secondary N) is 1. The molecule has 1 rings (SSSR count). The highest BCUT2D eigenvalue weighted by molar-refractivity contribution is 7.55. The lowest BCUT2D eigenvalue weighted by Crippen LogP contribution is -2.04.